The molecular weight excluding hydrogens is 289 g/mol. The maximum atomic E-state index is 11.0. The molecule has 2 aromatic rings. The number of rotatable bonds is 3. The molecule has 0 unspecified atom stereocenters. The molecular formula is C11H9Cl2N5O. The van der Waals surface area contributed by atoms with Crippen molar-refractivity contribution in [3.63, 3.8) is 0 Å². The van der Waals surface area contributed by atoms with Gasteiger partial charge in [0, 0.05) is 10.6 Å². The maximum absolute atomic E-state index is 11.0. The molecule has 0 aliphatic heterocycles. The van der Waals surface area contributed by atoms with Crippen molar-refractivity contribution in [2.75, 3.05) is 5.43 Å². The Labute approximate surface area is 118 Å². The monoisotopic (exact) mass is 297 g/mol. The van der Waals surface area contributed by atoms with E-state index in [1.165, 1.54) is 6.21 Å². The molecule has 0 amide bonds. The molecule has 8 heteroatoms. The number of nitrogens with one attached hydrogen (secondary N) is 2. The fourth-order valence-electron chi connectivity index (χ4n) is 1.27. The van der Waals surface area contributed by atoms with E-state index in [0.717, 1.165) is 0 Å². The van der Waals surface area contributed by atoms with Crippen molar-refractivity contribution in [2.24, 2.45) is 5.10 Å². The van der Waals surface area contributed by atoms with Crippen molar-refractivity contribution in [3.8, 4) is 0 Å². The molecule has 0 atom stereocenters. The van der Waals surface area contributed by atoms with Gasteiger partial charge in [0.05, 0.1) is 11.2 Å². The molecule has 2 rings (SSSR count). The van der Waals surface area contributed by atoms with E-state index in [0.29, 0.717) is 21.3 Å². The minimum atomic E-state index is -0.548. The molecule has 1 heterocycles. The van der Waals surface area contributed by atoms with E-state index >= 15 is 0 Å². The van der Waals surface area contributed by atoms with Crippen molar-refractivity contribution in [1.29, 1.82) is 0 Å². The number of nitrogens with zero attached hydrogens (tertiary/aromatic N) is 3. The molecule has 0 saturated heterocycles. The van der Waals surface area contributed by atoms with Gasteiger partial charge < -0.3 is 0 Å². The number of halogens is 2. The zero-order chi connectivity index (χ0) is 13.8. The van der Waals surface area contributed by atoms with Crippen LogP contribution in [0.25, 0.3) is 0 Å². The van der Waals surface area contributed by atoms with Gasteiger partial charge in [-0.2, -0.15) is 15.2 Å². The Hall–Kier alpha value is -1.92. The topological polar surface area (TPSA) is 83.0 Å². The lowest BCUT2D eigenvalue weighted by Gasteiger charge is -2.01. The standard InChI is InChI=1S/C11H9Cl2N5O/c1-6-10(15-11(19)18-16-6)17-14-5-7-2-3-8(12)4-9(7)13/h2-5H,1H3,(H2,15,17,18,19)/b14-5+. The van der Waals surface area contributed by atoms with E-state index in [-0.39, 0.29) is 5.82 Å². The first-order chi connectivity index (χ1) is 9.06. The van der Waals surface area contributed by atoms with Crippen LogP contribution in [0.5, 0.6) is 0 Å². The number of hydrogen-bond donors (Lipinski definition) is 2. The van der Waals surface area contributed by atoms with Crippen LogP contribution in [0.1, 0.15) is 11.3 Å². The Balaban J connectivity index is 2.15. The number of anilines is 1. The van der Waals surface area contributed by atoms with Crippen LogP contribution in [0.3, 0.4) is 0 Å². The summed E-state index contributed by atoms with van der Waals surface area (Å²) < 4.78 is 0. The fraction of sp³-hybridized carbons (Fsp3) is 0.0909. The number of aryl methyl sites for hydroxylation is 1. The normalized spacial score (nSPS) is 10.9. The third kappa shape index (κ3) is 3.52. The second-order valence-electron chi connectivity index (χ2n) is 3.61. The number of aromatic amines is 1. The largest absolute Gasteiger partial charge is 0.363 e. The summed E-state index contributed by atoms with van der Waals surface area (Å²) in [6, 6.07) is 5.04. The fourth-order valence-corrected chi connectivity index (χ4v) is 1.72. The second-order valence-corrected chi connectivity index (χ2v) is 4.45. The molecule has 0 radical (unpaired) electrons. The van der Waals surface area contributed by atoms with Gasteiger partial charge in [-0.05, 0) is 19.1 Å². The Morgan fingerprint density at radius 1 is 1.42 bits per heavy atom. The van der Waals surface area contributed by atoms with E-state index in [1.54, 1.807) is 25.1 Å². The van der Waals surface area contributed by atoms with E-state index < -0.39 is 5.69 Å². The molecule has 98 valence electrons. The highest BCUT2D eigenvalue weighted by molar-refractivity contribution is 6.36. The van der Waals surface area contributed by atoms with E-state index in [4.69, 9.17) is 23.2 Å². The smallest absolute Gasteiger partial charge is 0.260 e. The predicted octanol–water partition coefficient (Wildman–Crippen LogP) is 2.23. The Morgan fingerprint density at radius 3 is 2.95 bits per heavy atom. The summed E-state index contributed by atoms with van der Waals surface area (Å²) in [6.45, 7) is 1.69. The van der Waals surface area contributed by atoms with E-state index in [2.05, 4.69) is 25.7 Å². The lowest BCUT2D eigenvalue weighted by Crippen LogP contribution is -2.15. The van der Waals surface area contributed by atoms with Crippen LogP contribution < -0.4 is 11.1 Å². The van der Waals surface area contributed by atoms with Gasteiger partial charge in [0.15, 0.2) is 5.82 Å². The predicted molar refractivity (Wildman–Crippen MR) is 75.1 cm³/mol. The Kier molecular flexibility index (Phi) is 4.13. The van der Waals surface area contributed by atoms with Crippen molar-refractivity contribution >= 4 is 35.2 Å². The Bertz CT molecular complexity index is 683. The molecule has 6 nitrogen and oxygen atoms in total. The highest BCUT2D eigenvalue weighted by Gasteiger charge is 2.01. The SMILES string of the molecule is Cc1n[nH]c(=O)nc1N/N=C/c1ccc(Cl)cc1Cl. The lowest BCUT2D eigenvalue weighted by molar-refractivity contribution is 0.879. The zero-order valence-electron chi connectivity index (χ0n) is 9.82. The van der Waals surface area contributed by atoms with Crippen LogP contribution in [0.2, 0.25) is 10.0 Å². The maximum Gasteiger partial charge on any atom is 0.363 e. The molecule has 2 N–H and O–H groups in total. The number of benzene rings is 1. The van der Waals surface area contributed by atoms with Crippen LogP contribution in [0.4, 0.5) is 5.82 Å². The molecule has 0 aliphatic carbocycles. The van der Waals surface area contributed by atoms with Gasteiger partial charge in [-0.1, -0.05) is 29.3 Å². The van der Waals surface area contributed by atoms with E-state index in [1.807, 2.05) is 0 Å². The molecule has 0 aliphatic rings. The van der Waals surface area contributed by atoms with Gasteiger partial charge in [0.25, 0.3) is 0 Å². The number of hydrazone groups is 1. The van der Waals surface area contributed by atoms with Gasteiger partial charge in [-0.3, -0.25) is 5.43 Å². The summed E-state index contributed by atoms with van der Waals surface area (Å²) in [7, 11) is 0. The molecule has 0 saturated carbocycles. The van der Waals surface area contributed by atoms with E-state index in [9.17, 15) is 4.79 Å². The number of H-pyrrole nitrogens is 1. The van der Waals surface area contributed by atoms with Gasteiger partial charge >= 0.3 is 5.69 Å². The summed E-state index contributed by atoms with van der Waals surface area (Å²) in [5.41, 5.74) is 3.30. The average Bonchev–Trinajstić information content (AvgIpc) is 2.36. The van der Waals surface area contributed by atoms with Crippen molar-refractivity contribution in [2.45, 2.75) is 6.92 Å². The summed E-state index contributed by atoms with van der Waals surface area (Å²) in [4.78, 5) is 14.7. The summed E-state index contributed by atoms with van der Waals surface area (Å²) in [5, 5.41) is 10.9. The van der Waals surface area contributed by atoms with Crippen LogP contribution in [0.15, 0.2) is 28.1 Å². The number of hydrogen-bond acceptors (Lipinski definition) is 5. The summed E-state index contributed by atoms with van der Waals surface area (Å²) in [6.07, 6.45) is 1.50. The average molecular weight is 298 g/mol. The highest BCUT2D eigenvalue weighted by atomic mass is 35.5. The highest BCUT2D eigenvalue weighted by Crippen LogP contribution is 2.19. The first-order valence-electron chi connectivity index (χ1n) is 5.24. The van der Waals surface area contributed by atoms with Gasteiger partial charge in [-0.25, -0.2) is 9.89 Å². The number of aromatic nitrogens is 3. The summed E-state index contributed by atoms with van der Waals surface area (Å²) in [5.74, 6) is 0.282. The minimum absolute atomic E-state index is 0.282. The van der Waals surface area contributed by atoms with Crippen LogP contribution >= 0.6 is 23.2 Å². The first-order valence-corrected chi connectivity index (χ1v) is 5.99. The molecule has 0 bridgehead atoms. The second kappa shape index (κ2) is 5.81. The lowest BCUT2D eigenvalue weighted by atomic mass is 10.2. The van der Waals surface area contributed by atoms with Gasteiger partial charge in [0.1, 0.15) is 5.69 Å². The molecule has 0 fully saturated rings. The molecule has 19 heavy (non-hydrogen) atoms. The van der Waals surface area contributed by atoms with Crippen LogP contribution in [0, 0.1) is 6.92 Å². The van der Waals surface area contributed by atoms with Crippen molar-refractivity contribution in [1.82, 2.24) is 15.2 Å². The third-order valence-corrected chi connectivity index (χ3v) is 2.77. The Morgan fingerprint density at radius 2 is 2.21 bits per heavy atom. The van der Waals surface area contributed by atoms with Crippen molar-refractivity contribution < 1.29 is 0 Å². The van der Waals surface area contributed by atoms with Gasteiger partial charge in [0.2, 0.25) is 0 Å². The third-order valence-electron chi connectivity index (χ3n) is 2.21. The van der Waals surface area contributed by atoms with Crippen LogP contribution in [-0.4, -0.2) is 21.4 Å². The van der Waals surface area contributed by atoms with Crippen molar-refractivity contribution in [3.05, 3.63) is 50.0 Å². The minimum Gasteiger partial charge on any atom is -0.260 e. The first kappa shape index (κ1) is 13.5. The van der Waals surface area contributed by atoms with Gasteiger partial charge in [-0.15, -0.1) is 0 Å². The molecule has 0 spiro atoms. The van der Waals surface area contributed by atoms with Crippen LogP contribution in [-0.2, 0) is 0 Å². The summed E-state index contributed by atoms with van der Waals surface area (Å²) >= 11 is 11.8. The quantitative estimate of drug-likeness (QED) is 0.672. The molecule has 1 aromatic heterocycles. The molecule has 1 aromatic carbocycles. The zero-order valence-corrected chi connectivity index (χ0v) is 11.3.